The average Bonchev–Trinajstić information content (AvgIpc) is 3.67. The molecule has 0 radical (unpaired) electrons. The molecule has 222 valence electrons. The number of benzene rings is 7. The van der Waals surface area contributed by atoms with Gasteiger partial charge in [-0.2, -0.15) is 5.26 Å². The van der Waals surface area contributed by atoms with Crippen molar-refractivity contribution < 1.29 is 0 Å². The summed E-state index contributed by atoms with van der Waals surface area (Å²) in [4.78, 5) is 3.72. The van der Waals surface area contributed by atoms with E-state index in [0.29, 0.717) is 11.3 Å². The van der Waals surface area contributed by atoms with Gasteiger partial charge in [0.05, 0.1) is 40.4 Å². The Hall–Kier alpha value is -6.88. The Bertz CT molecular complexity index is 2760. The van der Waals surface area contributed by atoms with Crippen LogP contribution in [0.1, 0.15) is 5.56 Å². The average molecular weight is 611 g/mol. The molecule has 7 aromatic carbocycles. The molecule has 4 heteroatoms. The first-order chi connectivity index (χ1) is 23.7. The highest BCUT2D eigenvalue weighted by Gasteiger charge is 2.20. The quantitative estimate of drug-likeness (QED) is 0.183. The van der Waals surface area contributed by atoms with Crippen molar-refractivity contribution in [2.75, 3.05) is 0 Å². The highest BCUT2D eigenvalue weighted by molar-refractivity contribution is 6.11. The first-order valence-electron chi connectivity index (χ1n) is 15.9. The van der Waals surface area contributed by atoms with Gasteiger partial charge in [0.2, 0.25) is 0 Å². The van der Waals surface area contributed by atoms with Crippen LogP contribution in [0.25, 0.3) is 82.1 Å². The number of aromatic nitrogens is 2. The van der Waals surface area contributed by atoms with Crippen molar-refractivity contribution >= 4 is 49.3 Å². The van der Waals surface area contributed by atoms with E-state index in [1.807, 2.05) is 36.4 Å². The normalized spacial score (nSPS) is 11.3. The van der Waals surface area contributed by atoms with Crippen LogP contribution in [-0.2, 0) is 0 Å². The zero-order valence-electron chi connectivity index (χ0n) is 25.8. The van der Waals surface area contributed by atoms with E-state index in [1.54, 1.807) is 0 Å². The first-order valence-corrected chi connectivity index (χ1v) is 15.9. The van der Waals surface area contributed by atoms with Crippen LogP contribution in [0.5, 0.6) is 0 Å². The fourth-order valence-electron chi connectivity index (χ4n) is 7.37. The van der Waals surface area contributed by atoms with Gasteiger partial charge in [-0.3, -0.25) is 0 Å². The minimum atomic E-state index is 0.599. The molecule has 2 heterocycles. The third-order valence-electron chi connectivity index (χ3n) is 9.38. The third kappa shape index (κ3) is 4.07. The van der Waals surface area contributed by atoms with Gasteiger partial charge in [-0.1, -0.05) is 109 Å². The lowest BCUT2D eigenvalue weighted by atomic mass is 9.90. The van der Waals surface area contributed by atoms with E-state index in [9.17, 15) is 5.26 Å². The molecule has 0 fully saturated rings. The molecule has 0 saturated carbocycles. The molecule has 0 bridgehead atoms. The van der Waals surface area contributed by atoms with E-state index < -0.39 is 0 Å². The monoisotopic (exact) mass is 610 g/mol. The Balaban J connectivity index is 1.30. The lowest BCUT2D eigenvalue weighted by Crippen LogP contribution is -1.99. The Morgan fingerprint density at radius 2 is 1.08 bits per heavy atom. The van der Waals surface area contributed by atoms with Crippen molar-refractivity contribution in [1.82, 2.24) is 9.13 Å². The van der Waals surface area contributed by atoms with Crippen LogP contribution >= 0.6 is 0 Å². The lowest BCUT2D eigenvalue weighted by molar-refractivity contribution is 1.18. The highest BCUT2D eigenvalue weighted by Crippen LogP contribution is 2.42. The van der Waals surface area contributed by atoms with Crippen LogP contribution in [0.15, 0.2) is 158 Å². The van der Waals surface area contributed by atoms with Gasteiger partial charge in [-0.25, -0.2) is 4.85 Å². The summed E-state index contributed by atoms with van der Waals surface area (Å²) in [6.45, 7) is 7.67. The van der Waals surface area contributed by atoms with Gasteiger partial charge in [-0.05, 0) is 59.7 Å². The minimum absolute atomic E-state index is 0.599. The van der Waals surface area contributed by atoms with E-state index in [4.69, 9.17) is 6.57 Å². The second-order valence-corrected chi connectivity index (χ2v) is 11.9. The molecular formula is C44H26N4. The number of hydrogen-bond donors (Lipinski definition) is 0. The topological polar surface area (TPSA) is 38.0 Å². The summed E-state index contributed by atoms with van der Waals surface area (Å²) in [5, 5.41) is 15.1. The lowest BCUT2D eigenvalue weighted by Gasteiger charge is -2.18. The SMILES string of the molecule is [C-]#[N+]c1ccc2c3ccccc3n(-c3cccc(-c4c(C#N)cccc4-c4ccccc4-n4c5ccccc5c5ccccc54)c3)c2c1. The van der Waals surface area contributed by atoms with Crippen LogP contribution in [0, 0.1) is 17.9 Å². The number of nitrogens with zero attached hydrogens (tertiary/aromatic N) is 4. The Kier molecular flexibility index (Phi) is 6.22. The van der Waals surface area contributed by atoms with Crippen molar-refractivity contribution in [3.63, 3.8) is 0 Å². The molecule has 48 heavy (non-hydrogen) atoms. The van der Waals surface area contributed by atoms with E-state index in [1.165, 1.54) is 10.8 Å². The zero-order valence-corrected chi connectivity index (χ0v) is 25.8. The maximum Gasteiger partial charge on any atom is 0.189 e. The van der Waals surface area contributed by atoms with Gasteiger partial charge in [0.25, 0.3) is 0 Å². The fourth-order valence-corrected chi connectivity index (χ4v) is 7.37. The summed E-state index contributed by atoms with van der Waals surface area (Å²) >= 11 is 0. The number of hydrogen-bond acceptors (Lipinski definition) is 1. The second kappa shape index (κ2) is 10.9. The van der Waals surface area contributed by atoms with Crippen LogP contribution < -0.4 is 0 Å². The van der Waals surface area contributed by atoms with Crippen LogP contribution in [0.4, 0.5) is 5.69 Å². The van der Waals surface area contributed by atoms with Crippen molar-refractivity contribution in [2.45, 2.75) is 0 Å². The summed E-state index contributed by atoms with van der Waals surface area (Å²) in [6.07, 6.45) is 0. The van der Waals surface area contributed by atoms with Crippen molar-refractivity contribution in [3.05, 3.63) is 175 Å². The van der Waals surface area contributed by atoms with Crippen LogP contribution in [0.2, 0.25) is 0 Å². The molecule has 4 nitrogen and oxygen atoms in total. The molecule has 0 spiro atoms. The molecule has 9 aromatic rings. The predicted molar refractivity (Wildman–Crippen MR) is 197 cm³/mol. The Labute approximate surface area is 277 Å². The van der Waals surface area contributed by atoms with Gasteiger partial charge in [0, 0.05) is 43.9 Å². The van der Waals surface area contributed by atoms with Gasteiger partial charge in [-0.15, -0.1) is 0 Å². The van der Waals surface area contributed by atoms with E-state index >= 15 is 0 Å². The minimum Gasteiger partial charge on any atom is -0.310 e. The maximum absolute atomic E-state index is 10.5. The molecule has 0 amide bonds. The summed E-state index contributed by atoms with van der Waals surface area (Å²) in [5.74, 6) is 0. The molecule has 9 rings (SSSR count). The summed E-state index contributed by atoms with van der Waals surface area (Å²) in [6, 6.07) is 56.7. The Morgan fingerprint density at radius 1 is 0.500 bits per heavy atom. The van der Waals surface area contributed by atoms with E-state index in [2.05, 4.69) is 141 Å². The van der Waals surface area contributed by atoms with Crippen molar-refractivity contribution in [1.29, 1.82) is 5.26 Å². The smallest absolute Gasteiger partial charge is 0.189 e. The molecule has 0 unspecified atom stereocenters. The molecule has 0 N–H and O–H groups in total. The van der Waals surface area contributed by atoms with Gasteiger partial charge in [0.1, 0.15) is 0 Å². The molecular weight excluding hydrogens is 585 g/mol. The zero-order chi connectivity index (χ0) is 32.2. The summed E-state index contributed by atoms with van der Waals surface area (Å²) < 4.78 is 4.57. The van der Waals surface area contributed by atoms with Crippen LogP contribution in [-0.4, -0.2) is 9.13 Å². The van der Waals surface area contributed by atoms with E-state index in [-0.39, 0.29) is 0 Å². The summed E-state index contributed by atoms with van der Waals surface area (Å²) in [7, 11) is 0. The molecule has 0 saturated heterocycles. The predicted octanol–water partition coefficient (Wildman–Crippen LogP) is 11.6. The number of rotatable bonds is 4. The second-order valence-electron chi connectivity index (χ2n) is 11.9. The molecule has 0 aliphatic rings. The number of para-hydroxylation sites is 4. The molecule has 0 aliphatic carbocycles. The fraction of sp³-hybridized carbons (Fsp3) is 0. The third-order valence-corrected chi connectivity index (χ3v) is 9.38. The maximum atomic E-state index is 10.5. The van der Waals surface area contributed by atoms with Crippen molar-refractivity contribution in [2.24, 2.45) is 0 Å². The standard InChI is InChI=1S/C44H26N4/c1-46-31-24-25-37-35-17-2-6-20-39(35)47(43(37)27-31)32-14-10-12-29(26-32)44-30(28-45)13-11-19-38(44)36-18-5-9-23-42(36)48-40-21-7-3-15-33(40)34-16-4-8-22-41(34)48/h2-27H. The van der Waals surface area contributed by atoms with Gasteiger partial charge >= 0.3 is 0 Å². The largest absolute Gasteiger partial charge is 0.310 e. The number of fused-ring (bicyclic) bond motifs is 6. The van der Waals surface area contributed by atoms with Gasteiger partial charge in [0.15, 0.2) is 5.69 Å². The van der Waals surface area contributed by atoms with Crippen molar-refractivity contribution in [3.8, 4) is 39.7 Å². The molecule has 2 aromatic heterocycles. The molecule has 0 atom stereocenters. The number of nitriles is 1. The van der Waals surface area contributed by atoms with Gasteiger partial charge < -0.3 is 9.13 Å². The molecule has 0 aliphatic heterocycles. The summed E-state index contributed by atoms with van der Waals surface area (Å²) in [5.41, 5.74) is 11.4. The van der Waals surface area contributed by atoms with E-state index in [0.717, 1.165) is 66.5 Å². The highest BCUT2D eigenvalue weighted by atomic mass is 15.0. The Morgan fingerprint density at radius 3 is 1.77 bits per heavy atom. The first kappa shape index (κ1) is 27.4. The van der Waals surface area contributed by atoms with Crippen LogP contribution in [0.3, 0.4) is 0 Å².